The highest BCUT2D eigenvalue weighted by Crippen LogP contribution is 2.22. The molecule has 0 saturated carbocycles. The van der Waals surface area contributed by atoms with E-state index in [0.717, 1.165) is 29.3 Å². The Balaban J connectivity index is 1.61. The van der Waals surface area contributed by atoms with E-state index < -0.39 is 0 Å². The van der Waals surface area contributed by atoms with Crippen molar-refractivity contribution in [3.05, 3.63) is 75.0 Å². The molecular weight excluding hydrogens is 402 g/mol. The number of para-hydroxylation sites is 1. The van der Waals surface area contributed by atoms with Crippen molar-refractivity contribution in [2.24, 2.45) is 0 Å². The normalized spacial score (nSPS) is 16.0. The van der Waals surface area contributed by atoms with Crippen molar-refractivity contribution in [2.45, 2.75) is 32.4 Å². The third kappa shape index (κ3) is 4.66. The molecule has 0 radical (unpaired) electrons. The van der Waals surface area contributed by atoms with E-state index in [1.807, 2.05) is 37.3 Å². The monoisotopic (exact) mass is 425 g/mol. The van der Waals surface area contributed by atoms with Crippen LogP contribution in [0.3, 0.4) is 0 Å². The topological polar surface area (TPSA) is 74.4 Å². The number of hydrogen-bond acceptors (Lipinski definition) is 3. The minimum Gasteiger partial charge on any atom is -0.376 e. The first-order chi connectivity index (χ1) is 14.5. The first-order valence-corrected chi connectivity index (χ1v) is 10.4. The van der Waals surface area contributed by atoms with Crippen LogP contribution in [0.2, 0.25) is 5.02 Å². The Hall–Kier alpha value is -2.83. The Morgan fingerprint density at radius 2 is 2.10 bits per heavy atom. The van der Waals surface area contributed by atoms with E-state index >= 15 is 0 Å². The zero-order valence-corrected chi connectivity index (χ0v) is 17.5. The first kappa shape index (κ1) is 20.4. The number of benzene rings is 2. The number of carbonyl (C=O) groups excluding carboxylic acids is 1. The van der Waals surface area contributed by atoms with Gasteiger partial charge in [0.15, 0.2) is 0 Å². The van der Waals surface area contributed by atoms with Gasteiger partial charge in [-0.05, 0) is 55.5 Å². The summed E-state index contributed by atoms with van der Waals surface area (Å²) in [6, 6.07) is 14.5. The van der Waals surface area contributed by atoms with Crippen LogP contribution < -0.4 is 10.9 Å². The second-order valence-corrected chi connectivity index (χ2v) is 8.05. The summed E-state index contributed by atoms with van der Waals surface area (Å²) in [5.74, 6) is 0. The van der Waals surface area contributed by atoms with Crippen LogP contribution in [0.4, 0.5) is 10.5 Å². The molecule has 1 saturated heterocycles. The molecule has 6 nitrogen and oxygen atoms in total. The molecule has 30 heavy (non-hydrogen) atoms. The number of carbonyl (C=O) groups is 1. The number of halogens is 1. The second-order valence-electron chi connectivity index (χ2n) is 7.64. The van der Waals surface area contributed by atoms with Gasteiger partial charge in [0.25, 0.3) is 5.56 Å². The minimum atomic E-state index is -0.317. The van der Waals surface area contributed by atoms with Crippen LogP contribution in [0, 0.1) is 6.92 Å². The Bertz CT molecular complexity index is 1120. The molecule has 1 atom stereocenters. The Morgan fingerprint density at radius 3 is 2.87 bits per heavy atom. The van der Waals surface area contributed by atoms with Crippen molar-refractivity contribution in [3.8, 4) is 0 Å². The lowest BCUT2D eigenvalue weighted by Crippen LogP contribution is -2.40. The number of rotatable bonds is 5. The van der Waals surface area contributed by atoms with Crippen molar-refractivity contribution in [3.63, 3.8) is 0 Å². The number of nitrogens with one attached hydrogen (secondary N) is 2. The number of pyridine rings is 1. The van der Waals surface area contributed by atoms with Crippen molar-refractivity contribution in [1.82, 2.24) is 9.88 Å². The zero-order valence-electron chi connectivity index (χ0n) is 16.8. The highest BCUT2D eigenvalue weighted by atomic mass is 35.5. The Morgan fingerprint density at radius 1 is 1.27 bits per heavy atom. The van der Waals surface area contributed by atoms with Crippen LogP contribution in [0.1, 0.15) is 24.0 Å². The van der Waals surface area contributed by atoms with Gasteiger partial charge in [0.2, 0.25) is 0 Å². The molecule has 2 N–H and O–H groups in total. The van der Waals surface area contributed by atoms with E-state index in [9.17, 15) is 9.59 Å². The molecule has 0 aliphatic carbocycles. The molecule has 156 valence electrons. The molecular formula is C23H24ClN3O3. The summed E-state index contributed by atoms with van der Waals surface area (Å²) in [5.41, 5.74) is 2.74. The quantitative estimate of drug-likeness (QED) is 0.622. The molecule has 1 aromatic heterocycles. The van der Waals surface area contributed by atoms with E-state index in [4.69, 9.17) is 16.3 Å². The van der Waals surface area contributed by atoms with Gasteiger partial charge in [0.1, 0.15) is 0 Å². The molecule has 0 spiro atoms. The number of hydrogen-bond donors (Lipinski definition) is 2. The van der Waals surface area contributed by atoms with Crippen LogP contribution in [-0.2, 0) is 11.3 Å². The maximum absolute atomic E-state index is 13.1. The SMILES string of the molecule is Cc1ccc2[nH]c(=O)c(CN(C[C@H]3CCCO3)C(=O)Nc3ccccc3Cl)cc2c1. The van der Waals surface area contributed by atoms with Crippen molar-refractivity contribution < 1.29 is 9.53 Å². The fourth-order valence-corrected chi connectivity index (χ4v) is 3.89. The summed E-state index contributed by atoms with van der Waals surface area (Å²) in [6.07, 6.45) is 1.83. The van der Waals surface area contributed by atoms with E-state index in [1.54, 1.807) is 23.1 Å². The Kier molecular flexibility index (Phi) is 6.06. The molecule has 1 fully saturated rings. The molecule has 2 heterocycles. The number of aromatic amines is 1. The number of ether oxygens (including phenoxy) is 1. The lowest BCUT2D eigenvalue weighted by Gasteiger charge is -2.26. The summed E-state index contributed by atoms with van der Waals surface area (Å²) < 4.78 is 5.73. The number of aromatic nitrogens is 1. The maximum Gasteiger partial charge on any atom is 0.322 e. The van der Waals surface area contributed by atoms with Gasteiger partial charge in [-0.2, -0.15) is 0 Å². The number of nitrogens with zero attached hydrogens (tertiary/aromatic N) is 1. The van der Waals surface area contributed by atoms with Crippen LogP contribution in [-0.4, -0.2) is 35.2 Å². The van der Waals surface area contributed by atoms with Gasteiger partial charge in [-0.15, -0.1) is 0 Å². The lowest BCUT2D eigenvalue weighted by atomic mass is 10.1. The van der Waals surface area contributed by atoms with Crippen LogP contribution in [0.25, 0.3) is 10.9 Å². The molecule has 2 amide bonds. The number of urea groups is 1. The van der Waals surface area contributed by atoms with Crippen LogP contribution >= 0.6 is 11.6 Å². The summed E-state index contributed by atoms with van der Waals surface area (Å²) >= 11 is 6.20. The largest absolute Gasteiger partial charge is 0.376 e. The summed E-state index contributed by atoms with van der Waals surface area (Å²) in [5, 5.41) is 4.26. The molecule has 0 bridgehead atoms. The van der Waals surface area contributed by atoms with E-state index in [1.165, 1.54) is 0 Å². The predicted molar refractivity (Wildman–Crippen MR) is 119 cm³/mol. The molecule has 4 rings (SSSR count). The highest BCUT2D eigenvalue weighted by molar-refractivity contribution is 6.33. The number of aryl methyl sites for hydroxylation is 1. The number of H-pyrrole nitrogens is 1. The predicted octanol–water partition coefficient (Wildman–Crippen LogP) is 4.70. The van der Waals surface area contributed by atoms with Crippen LogP contribution in [0.15, 0.2) is 53.3 Å². The third-order valence-electron chi connectivity index (χ3n) is 5.29. The van der Waals surface area contributed by atoms with Gasteiger partial charge in [0, 0.05) is 24.2 Å². The number of anilines is 1. The third-order valence-corrected chi connectivity index (χ3v) is 5.62. The number of amides is 2. The average molecular weight is 426 g/mol. The van der Waals surface area contributed by atoms with Gasteiger partial charge >= 0.3 is 6.03 Å². The van der Waals surface area contributed by atoms with Gasteiger partial charge in [-0.25, -0.2) is 4.79 Å². The van der Waals surface area contributed by atoms with Gasteiger partial charge < -0.3 is 19.9 Å². The van der Waals surface area contributed by atoms with Gasteiger partial charge in [0.05, 0.1) is 23.4 Å². The molecule has 1 aliphatic heterocycles. The van der Waals surface area contributed by atoms with Gasteiger partial charge in [-0.3, -0.25) is 4.79 Å². The molecule has 7 heteroatoms. The fourth-order valence-electron chi connectivity index (χ4n) is 3.70. The van der Waals surface area contributed by atoms with Crippen molar-refractivity contribution in [1.29, 1.82) is 0 Å². The first-order valence-electron chi connectivity index (χ1n) is 10.0. The van der Waals surface area contributed by atoms with E-state index in [0.29, 0.717) is 29.4 Å². The molecule has 3 aromatic rings. The maximum atomic E-state index is 13.1. The number of fused-ring (bicyclic) bond motifs is 1. The molecule has 2 aromatic carbocycles. The van der Waals surface area contributed by atoms with Crippen molar-refractivity contribution >= 4 is 34.2 Å². The van der Waals surface area contributed by atoms with E-state index in [-0.39, 0.29) is 24.2 Å². The van der Waals surface area contributed by atoms with Crippen LogP contribution in [0.5, 0.6) is 0 Å². The summed E-state index contributed by atoms with van der Waals surface area (Å²) in [7, 11) is 0. The summed E-state index contributed by atoms with van der Waals surface area (Å²) in [6.45, 7) is 3.28. The van der Waals surface area contributed by atoms with Crippen molar-refractivity contribution in [2.75, 3.05) is 18.5 Å². The second kappa shape index (κ2) is 8.90. The lowest BCUT2D eigenvalue weighted by molar-refractivity contribution is 0.0818. The standard InChI is InChI=1S/C23H24ClN3O3/c1-15-8-9-20-16(11-15)12-17(22(28)25-20)13-27(14-18-5-4-10-30-18)23(29)26-21-7-3-2-6-19(21)24/h2-3,6-9,11-12,18H,4-5,10,13-14H2,1H3,(H,25,28)(H,26,29)/t18-/m1/s1. The smallest absolute Gasteiger partial charge is 0.322 e. The molecule has 0 unspecified atom stereocenters. The van der Waals surface area contributed by atoms with Gasteiger partial charge in [-0.1, -0.05) is 35.4 Å². The molecule has 1 aliphatic rings. The highest BCUT2D eigenvalue weighted by Gasteiger charge is 2.24. The summed E-state index contributed by atoms with van der Waals surface area (Å²) in [4.78, 5) is 30.3. The van der Waals surface area contributed by atoms with E-state index in [2.05, 4.69) is 10.3 Å². The fraction of sp³-hybridized carbons (Fsp3) is 0.304. The zero-order chi connectivity index (χ0) is 21.1. The Labute approximate surface area is 179 Å². The average Bonchev–Trinajstić information content (AvgIpc) is 3.23. The minimum absolute atomic E-state index is 0.0382.